The Hall–Kier alpha value is -2.15. The summed E-state index contributed by atoms with van der Waals surface area (Å²) in [5, 5.41) is 8.22. The molecule has 1 spiro atoms. The third kappa shape index (κ3) is 2.92. The Bertz CT molecular complexity index is 1100. The Kier molecular flexibility index (Phi) is 3.97. The number of hydrogen-bond acceptors (Lipinski definition) is 5. The quantitative estimate of drug-likeness (QED) is 0.762. The SMILES string of the molecule is Bc1cnn2c(NCC3=CN=CCC3)cc(C3CCN(C4C[C@@H]5CC56C[C@H]46)CC3)nc12. The zero-order valence-corrected chi connectivity index (χ0v) is 18.4. The van der Waals surface area contributed by atoms with Gasteiger partial charge in [-0.3, -0.25) is 4.99 Å². The highest BCUT2D eigenvalue weighted by molar-refractivity contribution is 6.36. The molecule has 1 saturated heterocycles. The third-order valence-corrected chi connectivity index (χ3v) is 8.99. The smallest absolute Gasteiger partial charge is 0.151 e. The van der Waals surface area contributed by atoms with Crippen molar-refractivity contribution in [3.8, 4) is 0 Å². The van der Waals surface area contributed by atoms with E-state index in [2.05, 4.69) is 34.2 Å². The third-order valence-electron chi connectivity index (χ3n) is 8.99. The first-order chi connectivity index (χ1) is 15.2. The minimum Gasteiger partial charge on any atom is -0.366 e. The van der Waals surface area contributed by atoms with Crippen LogP contribution in [0, 0.1) is 17.3 Å². The number of nitrogens with zero attached hydrogens (tertiary/aromatic N) is 5. The lowest BCUT2D eigenvalue weighted by atomic mass is 9.91. The van der Waals surface area contributed by atoms with Gasteiger partial charge in [-0.05, 0) is 86.3 Å². The Morgan fingerprint density at radius 1 is 1.23 bits per heavy atom. The Morgan fingerprint density at radius 3 is 2.87 bits per heavy atom. The maximum absolute atomic E-state index is 5.08. The van der Waals surface area contributed by atoms with Crippen molar-refractivity contribution in [3.05, 3.63) is 29.7 Å². The molecule has 31 heavy (non-hydrogen) atoms. The van der Waals surface area contributed by atoms with E-state index in [1.807, 2.05) is 23.1 Å². The van der Waals surface area contributed by atoms with E-state index in [4.69, 9.17) is 4.98 Å². The van der Waals surface area contributed by atoms with Crippen LogP contribution in [0.15, 0.2) is 29.0 Å². The van der Waals surface area contributed by atoms with Crippen LogP contribution in [0.25, 0.3) is 5.65 Å². The van der Waals surface area contributed by atoms with Gasteiger partial charge in [0.2, 0.25) is 0 Å². The lowest BCUT2D eigenvalue weighted by Gasteiger charge is -2.37. The number of aliphatic imine (C=N–C) groups is 1. The van der Waals surface area contributed by atoms with Crippen LogP contribution >= 0.6 is 0 Å². The van der Waals surface area contributed by atoms with Gasteiger partial charge in [0.1, 0.15) is 13.7 Å². The van der Waals surface area contributed by atoms with Gasteiger partial charge in [0.15, 0.2) is 5.65 Å². The molecular weight excluding hydrogens is 383 g/mol. The van der Waals surface area contributed by atoms with E-state index in [9.17, 15) is 0 Å². The van der Waals surface area contributed by atoms with Crippen molar-refractivity contribution in [2.75, 3.05) is 25.0 Å². The second-order valence-electron chi connectivity index (χ2n) is 10.7. The molecular formula is C24H31BN6. The predicted octanol–water partition coefficient (Wildman–Crippen LogP) is 2.13. The van der Waals surface area contributed by atoms with Crippen LogP contribution in [0.4, 0.5) is 5.82 Å². The molecule has 2 unspecified atom stereocenters. The van der Waals surface area contributed by atoms with E-state index in [0.29, 0.717) is 5.92 Å². The van der Waals surface area contributed by atoms with Crippen LogP contribution < -0.4 is 10.8 Å². The van der Waals surface area contributed by atoms with Gasteiger partial charge in [-0.2, -0.15) is 9.61 Å². The maximum atomic E-state index is 5.08. The molecule has 1 N–H and O–H groups in total. The topological polar surface area (TPSA) is 57.8 Å². The lowest BCUT2D eigenvalue weighted by molar-refractivity contribution is 0.132. The summed E-state index contributed by atoms with van der Waals surface area (Å²) in [4.78, 5) is 12.2. The number of nitrogens with one attached hydrogen (secondary N) is 1. The van der Waals surface area contributed by atoms with Crippen LogP contribution in [0.5, 0.6) is 0 Å². The zero-order chi connectivity index (χ0) is 20.6. The molecule has 3 aliphatic carbocycles. The van der Waals surface area contributed by atoms with Crippen molar-refractivity contribution < 1.29 is 0 Å². The summed E-state index contributed by atoms with van der Waals surface area (Å²) < 4.78 is 1.97. The molecule has 160 valence electrons. The van der Waals surface area contributed by atoms with Gasteiger partial charge in [-0.15, -0.1) is 0 Å². The van der Waals surface area contributed by atoms with Crippen LogP contribution in [0.2, 0.25) is 0 Å². The predicted molar refractivity (Wildman–Crippen MR) is 126 cm³/mol. The van der Waals surface area contributed by atoms with Crippen molar-refractivity contribution in [1.82, 2.24) is 19.5 Å². The van der Waals surface area contributed by atoms with Gasteiger partial charge in [0, 0.05) is 48.9 Å². The van der Waals surface area contributed by atoms with E-state index in [0.717, 1.165) is 59.6 Å². The monoisotopic (exact) mass is 414 g/mol. The Balaban J connectivity index is 1.09. The average Bonchev–Trinajstić information content (AvgIpc) is 3.66. The van der Waals surface area contributed by atoms with Gasteiger partial charge >= 0.3 is 0 Å². The molecule has 2 aliphatic heterocycles. The zero-order valence-electron chi connectivity index (χ0n) is 18.4. The molecule has 6 nitrogen and oxygen atoms in total. The van der Waals surface area contributed by atoms with Gasteiger partial charge in [0.05, 0.1) is 0 Å². The summed E-state index contributed by atoms with van der Waals surface area (Å²) in [7, 11) is 2.11. The van der Waals surface area contributed by atoms with E-state index in [-0.39, 0.29) is 0 Å². The lowest BCUT2D eigenvalue weighted by Crippen LogP contribution is -2.42. The number of aromatic nitrogens is 3. The summed E-state index contributed by atoms with van der Waals surface area (Å²) in [6.45, 7) is 3.31. The molecule has 5 aliphatic rings. The van der Waals surface area contributed by atoms with Crippen LogP contribution in [0.3, 0.4) is 0 Å². The van der Waals surface area contributed by atoms with Gasteiger partial charge in [-0.25, -0.2) is 4.98 Å². The molecule has 0 radical (unpaired) electrons. The highest BCUT2D eigenvalue weighted by Gasteiger charge is 2.77. The van der Waals surface area contributed by atoms with Crippen LogP contribution in [0.1, 0.15) is 56.6 Å². The molecule has 7 heteroatoms. The number of piperidine rings is 1. The van der Waals surface area contributed by atoms with Gasteiger partial charge < -0.3 is 10.2 Å². The summed E-state index contributed by atoms with van der Waals surface area (Å²) >= 11 is 0. The Morgan fingerprint density at radius 2 is 2.13 bits per heavy atom. The standard InChI is InChI=1S/C24H31BN6/c25-19-14-28-31-22(27-13-15-2-1-5-26-12-15)9-20(29-23(19)31)16-3-6-30(7-4-16)21-8-17-10-24(17)11-18(21)24/h5,9,12,14,16-18,21,27H,1-4,6-8,10-11,13,25H2/t17-,18-,21?,24?/m1/s1. The normalized spacial score (nSPS) is 34.5. The fourth-order valence-electron chi connectivity index (χ4n) is 6.99. The largest absolute Gasteiger partial charge is 0.366 e. The molecule has 0 bridgehead atoms. The molecule has 2 aromatic heterocycles. The first-order valence-electron chi connectivity index (χ1n) is 12.2. The second kappa shape index (κ2) is 6.68. The fourth-order valence-corrected chi connectivity index (χ4v) is 6.99. The Labute approximate surface area is 184 Å². The summed E-state index contributed by atoms with van der Waals surface area (Å²) in [5.74, 6) is 3.75. The highest BCUT2D eigenvalue weighted by atomic mass is 15.3. The number of fused-ring (bicyclic) bond motifs is 1. The van der Waals surface area contributed by atoms with E-state index >= 15 is 0 Å². The van der Waals surface area contributed by atoms with Crippen molar-refractivity contribution in [2.45, 2.75) is 56.9 Å². The molecule has 4 fully saturated rings. The van der Waals surface area contributed by atoms with Crippen LogP contribution in [-0.2, 0) is 0 Å². The summed E-state index contributed by atoms with van der Waals surface area (Å²) in [5.41, 5.74) is 5.58. The van der Waals surface area contributed by atoms with Crippen molar-refractivity contribution in [1.29, 1.82) is 0 Å². The second-order valence-corrected chi connectivity index (χ2v) is 10.7. The van der Waals surface area contributed by atoms with Crippen molar-refractivity contribution in [2.24, 2.45) is 22.2 Å². The fraction of sp³-hybridized carbons (Fsp3) is 0.625. The molecule has 0 amide bonds. The highest BCUT2D eigenvalue weighted by Crippen LogP contribution is 2.82. The summed E-state index contributed by atoms with van der Waals surface area (Å²) in [6.07, 6.45) is 15.1. The molecule has 4 heterocycles. The van der Waals surface area contributed by atoms with Gasteiger partial charge in [-0.1, -0.05) is 0 Å². The van der Waals surface area contributed by atoms with Gasteiger partial charge in [0.25, 0.3) is 0 Å². The van der Waals surface area contributed by atoms with E-state index in [1.165, 1.54) is 50.0 Å². The average molecular weight is 414 g/mol. The first-order valence-corrected chi connectivity index (χ1v) is 12.2. The summed E-state index contributed by atoms with van der Waals surface area (Å²) in [6, 6.07) is 3.16. The number of rotatable bonds is 5. The van der Waals surface area contributed by atoms with E-state index < -0.39 is 0 Å². The first kappa shape index (κ1) is 18.4. The minimum absolute atomic E-state index is 0.554. The number of hydrogen-bond donors (Lipinski definition) is 1. The molecule has 3 saturated carbocycles. The molecule has 2 aromatic rings. The molecule has 0 aromatic carbocycles. The minimum atomic E-state index is 0.554. The molecule has 7 rings (SSSR count). The number of likely N-dealkylation sites (tertiary alicyclic amines) is 1. The number of anilines is 1. The molecule has 4 atom stereocenters. The van der Waals surface area contributed by atoms with Crippen LogP contribution in [-0.4, -0.2) is 59.2 Å². The van der Waals surface area contributed by atoms with E-state index in [1.54, 1.807) is 6.42 Å². The maximum Gasteiger partial charge on any atom is 0.151 e. The van der Waals surface area contributed by atoms with Crippen molar-refractivity contribution >= 4 is 31.0 Å². The van der Waals surface area contributed by atoms with Crippen molar-refractivity contribution in [3.63, 3.8) is 0 Å².